The lowest BCUT2D eigenvalue weighted by Crippen LogP contribution is -2.40. The first-order chi connectivity index (χ1) is 11.8. The van der Waals surface area contributed by atoms with Crippen molar-refractivity contribution in [3.05, 3.63) is 0 Å². The molecule has 2 heterocycles. The third-order valence-electron chi connectivity index (χ3n) is 5.91. The van der Waals surface area contributed by atoms with Gasteiger partial charge in [0.1, 0.15) is 0 Å². The van der Waals surface area contributed by atoms with E-state index in [4.69, 9.17) is 9.47 Å². The van der Waals surface area contributed by atoms with E-state index in [1.807, 2.05) is 4.90 Å². The van der Waals surface area contributed by atoms with Crippen LogP contribution in [0.25, 0.3) is 0 Å². The van der Waals surface area contributed by atoms with Gasteiger partial charge in [-0.1, -0.05) is 25.7 Å². The quantitative estimate of drug-likeness (QED) is 0.597. The lowest BCUT2D eigenvalue weighted by Gasteiger charge is -2.22. The summed E-state index contributed by atoms with van der Waals surface area (Å²) in [6, 6.07) is 0.100. The number of nitrogens with zero attached hydrogens (tertiary/aromatic N) is 1. The van der Waals surface area contributed by atoms with E-state index in [9.17, 15) is 4.79 Å². The number of likely N-dealkylation sites (tertiary alicyclic amines) is 1. The second-order valence-corrected chi connectivity index (χ2v) is 7.90. The number of rotatable bonds is 6. The van der Waals surface area contributed by atoms with Crippen molar-refractivity contribution in [2.24, 2.45) is 5.41 Å². The van der Waals surface area contributed by atoms with Gasteiger partial charge in [0.2, 0.25) is 0 Å². The highest BCUT2D eigenvalue weighted by atomic mass is 16.5. The minimum atomic E-state index is 0.100. The maximum atomic E-state index is 12.2. The van der Waals surface area contributed by atoms with Crippen LogP contribution in [0.1, 0.15) is 64.2 Å². The van der Waals surface area contributed by atoms with Gasteiger partial charge in [-0.05, 0) is 38.5 Å². The van der Waals surface area contributed by atoms with E-state index in [0.29, 0.717) is 6.10 Å². The molecule has 5 heteroatoms. The van der Waals surface area contributed by atoms with E-state index in [0.717, 1.165) is 65.1 Å². The topological polar surface area (TPSA) is 50.8 Å². The van der Waals surface area contributed by atoms with Crippen molar-refractivity contribution in [3.8, 4) is 0 Å². The summed E-state index contributed by atoms with van der Waals surface area (Å²) in [7, 11) is 0. The second-order valence-electron chi connectivity index (χ2n) is 7.90. The molecule has 3 fully saturated rings. The molecule has 3 rings (SSSR count). The summed E-state index contributed by atoms with van der Waals surface area (Å²) in [5.41, 5.74) is 0.254. The first-order valence-electron chi connectivity index (χ1n) is 10.00. The second kappa shape index (κ2) is 9.04. The van der Waals surface area contributed by atoms with Crippen LogP contribution in [0.3, 0.4) is 0 Å². The number of carbonyl (C=O) groups is 1. The van der Waals surface area contributed by atoms with E-state index >= 15 is 0 Å². The normalized spacial score (nSPS) is 28.4. The number of hydrogen-bond donors (Lipinski definition) is 1. The Labute approximate surface area is 146 Å². The highest BCUT2D eigenvalue weighted by molar-refractivity contribution is 5.74. The zero-order chi connectivity index (χ0) is 16.7. The molecule has 0 aromatic carbocycles. The molecule has 1 unspecified atom stereocenters. The summed E-state index contributed by atoms with van der Waals surface area (Å²) in [4.78, 5) is 14.2. The predicted octanol–water partition coefficient (Wildman–Crippen LogP) is 3.33. The van der Waals surface area contributed by atoms with Crippen LogP contribution in [0.2, 0.25) is 0 Å². The van der Waals surface area contributed by atoms with E-state index in [2.05, 4.69) is 5.32 Å². The summed E-state index contributed by atoms with van der Waals surface area (Å²) in [6.07, 6.45) is 12.6. The van der Waals surface area contributed by atoms with E-state index in [1.54, 1.807) is 0 Å². The SMILES string of the molecule is O=C(NCCCCOC1CCCCCC1)N1CCC2(CCOC2)C1. The Kier molecular flexibility index (Phi) is 6.78. The number of amides is 2. The number of nitrogens with one attached hydrogen (secondary N) is 1. The van der Waals surface area contributed by atoms with E-state index < -0.39 is 0 Å². The molecule has 1 aliphatic carbocycles. The summed E-state index contributed by atoms with van der Waals surface area (Å²) in [5.74, 6) is 0. The maximum absolute atomic E-state index is 12.2. The highest BCUT2D eigenvalue weighted by Crippen LogP contribution is 2.38. The number of ether oxygens (including phenoxy) is 2. The zero-order valence-corrected chi connectivity index (χ0v) is 15.1. The minimum absolute atomic E-state index is 0.100. The van der Waals surface area contributed by atoms with Gasteiger partial charge in [-0.25, -0.2) is 4.79 Å². The molecule has 0 aromatic rings. The Morgan fingerprint density at radius 3 is 2.75 bits per heavy atom. The van der Waals surface area contributed by atoms with Crippen LogP contribution in [0.5, 0.6) is 0 Å². The summed E-state index contributed by atoms with van der Waals surface area (Å²) >= 11 is 0. The average molecular weight is 338 g/mol. The molecule has 1 N–H and O–H groups in total. The van der Waals surface area contributed by atoms with Gasteiger partial charge in [-0.15, -0.1) is 0 Å². The lowest BCUT2D eigenvalue weighted by molar-refractivity contribution is 0.0410. The molecule has 0 radical (unpaired) electrons. The maximum Gasteiger partial charge on any atom is 0.317 e. The summed E-state index contributed by atoms with van der Waals surface area (Å²) in [5, 5.41) is 3.07. The smallest absolute Gasteiger partial charge is 0.317 e. The van der Waals surface area contributed by atoms with E-state index in [1.165, 1.54) is 38.5 Å². The van der Waals surface area contributed by atoms with Crippen molar-refractivity contribution < 1.29 is 14.3 Å². The van der Waals surface area contributed by atoms with Crippen molar-refractivity contribution >= 4 is 6.03 Å². The lowest BCUT2D eigenvalue weighted by atomic mass is 9.87. The van der Waals surface area contributed by atoms with Gasteiger partial charge in [0.05, 0.1) is 12.7 Å². The molecule has 3 aliphatic rings. The molecule has 2 aliphatic heterocycles. The van der Waals surface area contributed by atoms with Gasteiger partial charge in [-0.3, -0.25) is 0 Å². The number of unbranched alkanes of at least 4 members (excludes halogenated alkanes) is 1. The predicted molar refractivity (Wildman–Crippen MR) is 94.1 cm³/mol. The van der Waals surface area contributed by atoms with Crippen molar-refractivity contribution in [1.82, 2.24) is 10.2 Å². The molecule has 138 valence electrons. The van der Waals surface area contributed by atoms with Gasteiger partial charge in [0.15, 0.2) is 0 Å². The standard InChI is InChI=1S/C19H34N2O3/c22-18(21-12-9-19(15-21)10-14-23-16-19)20-11-5-6-13-24-17-7-3-1-2-4-8-17/h17H,1-16H2,(H,20,22). The van der Waals surface area contributed by atoms with Crippen LogP contribution < -0.4 is 5.32 Å². The van der Waals surface area contributed by atoms with Crippen LogP contribution in [0, 0.1) is 5.41 Å². The van der Waals surface area contributed by atoms with Crippen molar-refractivity contribution in [1.29, 1.82) is 0 Å². The first kappa shape index (κ1) is 18.0. The van der Waals surface area contributed by atoms with Gasteiger partial charge in [0, 0.05) is 38.3 Å². The summed E-state index contributed by atoms with van der Waals surface area (Å²) in [6.45, 7) is 5.02. The third kappa shape index (κ3) is 5.09. The fourth-order valence-corrected chi connectivity index (χ4v) is 4.27. The van der Waals surface area contributed by atoms with Crippen LogP contribution in [-0.2, 0) is 9.47 Å². The fourth-order valence-electron chi connectivity index (χ4n) is 4.27. The first-order valence-corrected chi connectivity index (χ1v) is 10.00. The molecule has 2 amide bonds. The minimum Gasteiger partial charge on any atom is -0.381 e. The molecule has 0 bridgehead atoms. The Balaban J connectivity index is 1.22. The molecule has 2 saturated heterocycles. The summed E-state index contributed by atoms with van der Waals surface area (Å²) < 4.78 is 11.5. The van der Waals surface area contributed by atoms with E-state index in [-0.39, 0.29) is 11.4 Å². The molecule has 5 nitrogen and oxygen atoms in total. The Hall–Kier alpha value is -0.810. The fraction of sp³-hybridized carbons (Fsp3) is 0.947. The van der Waals surface area contributed by atoms with Crippen molar-refractivity contribution in [3.63, 3.8) is 0 Å². The highest BCUT2D eigenvalue weighted by Gasteiger charge is 2.42. The van der Waals surface area contributed by atoms with Gasteiger partial charge in [-0.2, -0.15) is 0 Å². The molecule has 1 spiro atoms. The number of urea groups is 1. The van der Waals surface area contributed by atoms with Crippen molar-refractivity contribution in [2.45, 2.75) is 70.3 Å². The average Bonchev–Trinajstić information content (AvgIpc) is 3.15. The number of carbonyl (C=O) groups excluding carboxylic acids is 1. The molecule has 1 atom stereocenters. The third-order valence-corrected chi connectivity index (χ3v) is 5.91. The zero-order valence-electron chi connectivity index (χ0n) is 15.1. The molecule has 0 aromatic heterocycles. The van der Waals surface area contributed by atoms with Crippen LogP contribution in [-0.4, -0.2) is 56.5 Å². The largest absolute Gasteiger partial charge is 0.381 e. The molecular formula is C19H34N2O3. The molecule has 24 heavy (non-hydrogen) atoms. The van der Waals surface area contributed by atoms with Gasteiger partial charge >= 0.3 is 6.03 Å². The van der Waals surface area contributed by atoms with Crippen LogP contribution in [0.4, 0.5) is 4.79 Å². The van der Waals surface area contributed by atoms with Crippen molar-refractivity contribution in [2.75, 3.05) is 39.5 Å². The van der Waals surface area contributed by atoms with Crippen LogP contribution >= 0.6 is 0 Å². The Morgan fingerprint density at radius 1 is 1.17 bits per heavy atom. The van der Waals surface area contributed by atoms with Gasteiger partial charge < -0.3 is 19.7 Å². The molecule has 1 saturated carbocycles. The Morgan fingerprint density at radius 2 is 2.00 bits per heavy atom. The number of hydrogen-bond acceptors (Lipinski definition) is 3. The Bertz CT molecular complexity index is 388. The monoisotopic (exact) mass is 338 g/mol. The van der Waals surface area contributed by atoms with Crippen LogP contribution in [0.15, 0.2) is 0 Å². The van der Waals surface area contributed by atoms with Gasteiger partial charge in [0.25, 0.3) is 0 Å². The molecular weight excluding hydrogens is 304 g/mol.